The zero-order chi connectivity index (χ0) is 14.4. The minimum Gasteiger partial charge on any atom is -0.370 e. The third-order valence-electron chi connectivity index (χ3n) is 2.68. The maximum absolute atomic E-state index is 13.3. The molecule has 0 aliphatic heterocycles. The maximum Gasteiger partial charge on any atom is 0.257 e. The smallest absolute Gasteiger partial charge is 0.257 e. The Labute approximate surface area is 114 Å². The first-order chi connectivity index (χ1) is 8.99. The molecule has 106 valence electrons. The lowest BCUT2D eigenvalue weighted by atomic mass is 10.1. The highest BCUT2D eigenvalue weighted by Crippen LogP contribution is 2.17. The molecule has 4 nitrogen and oxygen atoms in total. The number of hydrogen-bond donors (Lipinski definition) is 1. The van der Waals surface area contributed by atoms with Crippen molar-refractivity contribution in [1.82, 2.24) is 9.88 Å². The Kier molecular flexibility index (Phi) is 5.73. The molecule has 1 heterocycles. The van der Waals surface area contributed by atoms with Crippen LogP contribution in [0.3, 0.4) is 0 Å². The number of carbonyl (C=O) groups is 1. The van der Waals surface area contributed by atoms with E-state index in [1.165, 1.54) is 6.07 Å². The predicted molar refractivity (Wildman–Crippen MR) is 74.8 cm³/mol. The molecule has 5 heteroatoms. The van der Waals surface area contributed by atoms with E-state index in [0.29, 0.717) is 36.9 Å². The summed E-state index contributed by atoms with van der Waals surface area (Å²) in [5, 5.41) is 2.99. The third-order valence-corrected chi connectivity index (χ3v) is 2.68. The van der Waals surface area contributed by atoms with Crippen molar-refractivity contribution in [2.24, 2.45) is 5.92 Å². The van der Waals surface area contributed by atoms with E-state index in [1.54, 1.807) is 4.90 Å². The number of aromatic nitrogens is 1. The summed E-state index contributed by atoms with van der Waals surface area (Å²) in [6, 6.07) is 1.25. The fourth-order valence-corrected chi connectivity index (χ4v) is 1.88. The van der Waals surface area contributed by atoms with Crippen molar-refractivity contribution in [2.75, 3.05) is 25.0 Å². The van der Waals surface area contributed by atoms with Crippen molar-refractivity contribution in [2.45, 2.75) is 27.7 Å². The van der Waals surface area contributed by atoms with Gasteiger partial charge < -0.3 is 10.2 Å². The Balaban J connectivity index is 3.05. The molecule has 0 atom stereocenters. The van der Waals surface area contributed by atoms with Gasteiger partial charge in [0, 0.05) is 19.6 Å². The average molecular weight is 267 g/mol. The maximum atomic E-state index is 13.3. The summed E-state index contributed by atoms with van der Waals surface area (Å²) in [6.07, 6.45) is 1.12. The number of nitrogens with one attached hydrogen (secondary N) is 1. The molecule has 1 amide bonds. The Morgan fingerprint density at radius 2 is 2.16 bits per heavy atom. The normalized spacial score (nSPS) is 10.6. The van der Waals surface area contributed by atoms with Gasteiger partial charge in [-0.1, -0.05) is 13.8 Å². The van der Waals surface area contributed by atoms with E-state index in [4.69, 9.17) is 0 Å². The molecular weight excluding hydrogens is 245 g/mol. The lowest BCUT2D eigenvalue weighted by molar-refractivity contribution is 0.0746. The predicted octanol–water partition coefficient (Wildman–Crippen LogP) is 2.77. The summed E-state index contributed by atoms with van der Waals surface area (Å²) < 4.78 is 13.3. The highest BCUT2D eigenvalue weighted by Gasteiger charge is 2.20. The van der Waals surface area contributed by atoms with Crippen LogP contribution in [0.25, 0.3) is 0 Å². The SMILES string of the molecule is CCNc1ncc(F)cc1C(=O)N(CC)CC(C)C. The minimum atomic E-state index is -0.495. The van der Waals surface area contributed by atoms with Crippen LogP contribution in [-0.4, -0.2) is 35.4 Å². The highest BCUT2D eigenvalue weighted by atomic mass is 19.1. The first-order valence-corrected chi connectivity index (χ1v) is 6.68. The summed E-state index contributed by atoms with van der Waals surface area (Å²) >= 11 is 0. The molecule has 0 saturated heterocycles. The topological polar surface area (TPSA) is 45.2 Å². The van der Waals surface area contributed by atoms with E-state index in [-0.39, 0.29) is 5.91 Å². The van der Waals surface area contributed by atoms with Gasteiger partial charge in [-0.2, -0.15) is 0 Å². The molecule has 1 N–H and O–H groups in total. The molecule has 0 fully saturated rings. The van der Waals surface area contributed by atoms with Crippen LogP contribution in [0.1, 0.15) is 38.1 Å². The second kappa shape index (κ2) is 7.07. The van der Waals surface area contributed by atoms with Crippen molar-refractivity contribution < 1.29 is 9.18 Å². The summed E-state index contributed by atoms with van der Waals surface area (Å²) in [6.45, 7) is 9.80. The number of pyridine rings is 1. The van der Waals surface area contributed by atoms with Gasteiger partial charge in [0.05, 0.1) is 11.8 Å². The van der Waals surface area contributed by atoms with Gasteiger partial charge in [0.1, 0.15) is 11.6 Å². The number of hydrogen-bond acceptors (Lipinski definition) is 3. The van der Waals surface area contributed by atoms with Gasteiger partial charge in [-0.3, -0.25) is 4.79 Å². The monoisotopic (exact) mass is 267 g/mol. The molecule has 0 radical (unpaired) electrons. The summed E-state index contributed by atoms with van der Waals surface area (Å²) in [5.41, 5.74) is 0.296. The molecule has 1 aromatic rings. The van der Waals surface area contributed by atoms with Crippen LogP contribution >= 0.6 is 0 Å². The first-order valence-electron chi connectivity index (χ1n) is 6.68. The Morgan fingerprint density at radius 3 is 2.68 bits per heavy atom. The summed E-state index contributed by atoms with van der Waals surface area (Å²) in [4.78, 5) is 18.1. The van der Waals surface area contributed by atoms with Crippen LogP contribution in [0.15, 0.2) is 12.3 Å². The summed E-state index contributed by atoms with van der Waals surface area (Å²) in [5.74, 6) is 0.133. The molecular formula is C14H22FN3O. The number of anilines is 1. The first kappa shape index (κ1) is 15.4. The van der Waals surface area contributed by atoms with Crippen LogP contribution in [0.5, 0.6) is 0 Å². The lowest BCUT2D eigenvalue weighted by Gasteiger charge is -2.24. The number of nitrogens with zero attached hydrogens (tertiary/aromatic N) is 2. The van der Waals surface area contributed by atoms with Crippen LogP contribution in [0.4, 0.5) is 10.2 Å². The van der Waals surface area contributed by atoms with Gasteiger partial charge in [-0.05, 0) is 25.8 Å². The van der Waals surface area contributed by atoms with Crippen molar-refractivity contribution >= 4 is 11.7 Å². The van der Waals surface area contributed by atoms with Gasteiger partial charge in [0.15, 0.2) is 0 Å². The van der Waals surface area contributed by atoms with E-state index < -0.39 is 5.82 Å². The van der Waals surface area contributed by atoms with E-state index in [0.717, 1.165) is 6.20 Å². The zero-order valence-corrected chi connectivity index (χ0v) is 12.0. The molecule has 0 unspecified atom stereocenters. The lowest BCUT2D eigenvalue weighted by Crippen LogP contribution is -2.34. The number of carbonyl (C=O) groups excluding carboxylic acids is 1. The molecule has 1 rings (SSSR count). The van der Waals surface area contributed by atoms with Gasteiger partial charge in [0.25, 0.3) is 5.91 Å². The number of amides is 1. The zero-order valence-electron chi connectivity index (χ0n) is 12.0. The van der Waals surface area contributed by atoms with E-state index in [1.807, 2.05) is 27.7 Å². The minimum absolute atomic E-state index is 0.181. The van der Waals surface area contributed by atoms with Crippen LogP contribution in [0, 0.1) is 11.7 Å². The van der Waals surface area contributed by atoms with Crippen molar-refractivity contribution in [3.63, 3.8) is 0 Å². The molecule has 0 aromatic carbocycles. The van der Waals surface area contributed by atoms with E-state index >= 15 is 0 Å². The molecule has 0 spiro atoms. The fourth-order valence-electron chi connectivity index (χ4n) is 1.88. The van der Waals surface area contributed by atoms with E-state index in [2.05, 4.69) is 10.3 Å². The second-order valence-corrected chi connectivity index (χ2v) is 4.82. The average Bonchev–Trinajstić information content (AvgIpc) is 2.37. The molecule has 0 aliphatic carbocycles. The van der Waals surface area contributed by atoms with Crippen LogP contribution in [0.2, 0.25) is 0 Å². The molecule has 0 bridgehead atoms. The van der Waals surface area contributed by atoms with Crippen LogP contribution < -0.4 is 5.32 Å². The van der Waals surface area contributed by atoms with Crippen LogP contribution in [-0.2, 0) is 0 Å². The quantitative estimate of drug-likeness (QED) is 0.862. The van der Waals surface area contributed by atoms with Gasteiger partial charge >= 0.3 is 0 Å². The molecule has 0 saturated carbocycles. The molecule has 0 aliphatic rings. The van der Waals surface area contributed by atoms with E-state index in [9.17, 15) is 9.18 Å². The van der Waals surface area contributed by atoms with Crippen molar-refractivity contribution in [3.8, 4) is 0 Å². The summed E-state index contributed by atoms with van der Waals surface area (Å²) in [7, 11) is 0. The fraction of sp³-hybridized carbons (Fsp3) is 0.571. The third kappa shape index (κ3) is 4.19. The number of halogens is 1. The highest BCUT2D eigenvalue weighted by molar-refractivity contribution is 5.98. The Hall–Kier alpha value is -1.65. The largest absolute Gasteiger partial charge is 0.370 e. The Bertz CT molecular complexity index is 435. The van der Waals surface area contributed by atoms with Crippen molar-refractivity contribution in [3.05, 3.63) is 23.6 Å². The standard InChI is InChI=1S/C14H22FN3O/c1-5-16-13-12(7-11(15)8-17-13)14(19)18(6-2)9-10(3)4/h7-8,10H,5-6,9H2,1-4H3,(H,16,17). The molecule has 19 heavy (non-hydrogen) atoms. The second-order valence-electron chi connectivity index (χ2n) is 4.82. The molecule has 1 aromatic heterocycles. The van der Waals surface area contributed by atoms with Gasteiger partial charge in [-0.15, -0.1) is 0 Å². The van der Waals surface area contributed by atoms with Gasteiger partial charge in [0.2, 0.25) is 0 Å². The number of rotatable bonds is 6. The Morgan fingerprint density at radius 1 is 1.47 bits per heavy atom. The van der Waals surface area contributed by atoms with Gasteiger partial charge in [-0.25, -0.2) is 9.37 Å². The van der Waals surface area contributed by atoms with Crippen molar-refractivity contribution in [1.29, 1.82) is 0 Å².